The molecule has 0 aromatic heterocycles. The van der Waals surface area contributed by atoms with E-state index >= 15 is 0 Å². The smallest absolute Gasteiger partial charge is 0.241 e. The third-order valence-corrected chi connectivity index (χ3v) is 6.29. The summed E-state index contributed by atoms with van der Waals surface area (Å²) in [7, 11) is 1.65. The molecule has 1 aliphatic heterocycles. The van der Waals surface area contributed by atoms with Crippen LogP contribution in [0.1, 0.15) is 24.8 Å². The minimum Gasteiger partial charge on any atom is -0.399 e. The quantitative estimate of drug-likeness (QED) is 0.766. The fraction of sp³-hybridized carbons (Fsp3) is 0.333. The number of para-hydroxylation sites is 1. The number of nitrogens with two attached hydrogens (primary N) is 1. The van der Waals surface area contributed by atoms with Crippen molar-refractivity contribution in [3.8, 4) is 18.2 Å². The molecule has 0 saturated carbocycles. The van der Waals surface area contributed by atoms with Crippen LogP contribution in [0.15, 0.2) is 47.2 Å². The van der Waals surface area contributed by atoms with Crippen LogP contribution in [0.3, 0.4) is 0 Å². The van der Waals surface area contributed by atoms with Gasteiger partial charge < -0.3 is 10.6 Å². The van der Waals surface area contributed by atoms with Gasteiger partial charge in [0.25, 0.3) is 0 Å². The van der Waals surface area contributed by atoms with Crippen molar-refractivity contribution in [2.24, 2.45) is 17.1 Å². The predicted molar refractivity (Wildman–Crippen MR) is 97.4 cm³/mol. The Morgan fingerprint density at radius 2 is 1.93 bits per heavy atom. The van der Waals surface area contributed by atoms with E-state index in [1.54, 1.807) is 19.2 Å². The van der Waals surface area contributed by atoms with E-state index in [-0.39, 0.29) is 17.2 Å². The van der Waals surface area contributed by atoms with E-state index in [0.29, 0.717) is 23.2 Å². The molecule has 1 aromatic rings. The van der Waals surface area contributed by atoms with Crippen LogP contribution in [0.4, 0.5) is 5.69 Å². The molecule has 6 nitrogen and oxygen atoms in total. The minimum absolute atomic E-state index is 0.113. The Hall–Kier alpha value is -3.56. The monoisotopic (exact) mass is 355 g/mol. The van der Waals surface area contributed by atoms with E-state index in [1.807, 2.05) is 18.2 Å². The van der Waals surface area contributed by atoms with Gasteiger partial charge in [-0.1, -0.05) is 24.3 Å². The van der Waals surface area contributed by atoms with Gasteiger partial charge in [0.15, 0.2) is 0 Å². The SMILES string of the molecule is CN1C(=O)[C@]2(c3ccccc31)[C@H]1CCCC=C1C(C#N)=C(N)C2(C#N)C#N. The minimum atomic E-state index is -1.94. The number of allylic oxidation sites excluding steroid dienone is 4. The Kier molecular flexibility index (Phi) is 3.42. The molecular weight excluding hydrogens is 338 g/mol. The standard InChI is InChI=1S/C21H17N5O/c1-26-17-9-5-4-8-16(17)21(19(26)27)15-7-3-2-6-13(15)14(10-22)18(25)20(21,11-23)12-24/h4-6,8-9,15H,2-3,7,25H2,1H3/t15-,21+/m0/s1. The first-order valence-electron chi connectivity index (χ1n) is 8.82. The van der Waals surface area contributed by atoms with E-state index in [0.717, 1.165) is 12.8 Å². The first-order valence-corrected chi connectivity index (χ1v) is 8.82. The third kappa shape index (κ3) is 1.65. The summed E-state index contributed by atoms with van der Waals surface area (Å²) < 4.78 is 0. The average molecular weight is 355 g/mol. The number of rotatable bonds is 0. The molecule has 27 heavy (non-hydrogen) atoms. The molecule has 1 spiro atoms. The van der Waals surface area contributed by atoms with Gasteiger partial charge in [-0.2, -0.15) is 15.8 Å². The number of likely N-dealkylation sites (N-methyl/N-ethyl adjacent to an activating group) is 1. The van der Waals surface area contributed by atoms with Crippen LogP contribution in [0.2, 0.25) is 0 Å². The molecule has 3 aliphatic rings. The lowest BCUT2D eigenvalue weighted by Crippen LogP contribution is -2.61. The lowest BCUT2D eigenvalue weighted by molar-refractivity contribution is -0.127. The first-order chi connectivity index (χ1) is 13.0. The number of carbonyl (C=O) groups excluding carboxylic acids is 1. The van der Waals surface area contributed by atoms with Crippen molar-refractivity contribution in [1.29, 1.82) is 15.8 Å². The zero-order valence-corrected chi connectivity index (χ0v) is 14.9. The van der Waals surface area contributed by atoms with Crippen molar-refractivity contribution in [2.75, 3.05) is 11.9 Å². The van der Waals surface area contributed by atoms with Gasteiger partial charge in [-0.3, -0.25) is 4.79 Å². The van der Waals surface area contributed by atoms with Gasteiger partial charge in [0.1, 0.15) is 11.5 Å². The van der Waals surface area contributed by atoms with E-state index in [1.165, 1.54) is 4.90 Å². The fourth-order valence-corrected chi connectivity index (χ4v) is 5.15. The Balaban J connectivity index is 2.22. The van der Waals surface area contributed by atoms with Crippen LogP contribution in [0, 0.1) is 45.3 Å². The fourth-order valence-electron chi connectivity index (χ4n) is 5.15. The number of hydrogen-bond donors (Lipinski definition) is 1. The molecule has 1 amide bonds. The zero-order valence-electron chi connectivity index (χ0n) is 14.9. The van der Waals surface area contributed by atoms with Crippen LogP contribution in [-0.4, -0.2) is 13.0 Å². The van der Waals surface area contributed by atoms with Gasteiger partial charge in [0.2, 0.25) is 11.3 Å². The molecule has 0 unspecified atom stereocenters. The molecule has 1 heterocycles. The molecule has 2 N–H and O–H groups in total. The maximum absolute atomic E-state index is 13.7. The molecule has 0 saturated heterocycles. The molecular formula is C21H17N5O. The summed E-state index contributed by atoms with van der Waals surface area (Å²) in [4.78, 5) is 15.2. The van der Waals surface area contributed by atoms with Crippen LogP contribution >= 0.6 is 0 Å². The molecule has 6 heteroatoms. The van der Waals surface area contributed by atoms with Gasteiger partial charge >= 0.3 is 0 Å². The van der Waals surface area contributed by atoms with Crippen molar-refractivity contribution >= 4 is 11.6 Å². The van der Waals surface area contributed by atoms with E-state index in [2.05, 4.69) is 18.2 Å². The van der Waals surface area contributed by atoms with E-state index in [4.69, 9.17) is 5.73 Å². The maximum Gasteiger partial charge on any atom is 0.241 e. The van der Waals surface area contributed by atoms with Crippen molar-refractivity contribution < 1.29 is 4.79 Å². The predicted octanol–water partition coefficient (Wildman–Crippen LogP) is 2.41. The Bertz CT molecular complexity index is 1050. The van der Waals surface area contributed by atoms with Crippen molar-refractivity contribution in [1.82, 2.24) is 0 Å². The number of benzene rings is 1. The number of carbonyl (C=O) groups is 1. The second-order valence-corrected chi connectivity index (χ2v) is 7.21. The normalized spacial score (nSPS) is 27.9. The van der Waals surface area contributed by atoms with Gasteiger partial charge in [0, 0.05) is 18.7 Å². The van der Waals surface area contributed by atoms with Crippen LogP contribution in [0.25, 0.3) is 0 Å². The zero-order chi connectivity index (χ0) is 19.4. The molecule has 0 fully saturated rings. The molecule has 4 rings (SSSR count). The van der Waals surface area contributed by atoms with Crippen LogP contribution in [-0.2, 0) is 10.2 Å². The highest BCUT2D eigenvalue weighted by Crippen LogP contribution is 2.64. The van der Waals surface area contributed by atoms with Crippen LogP contribution < -0.4 is 10.6 Å². The summed E-state index contributed by atoms with van der Waals surface area (Å²) >= 11 is 0. The maximum atomic E-state index is 13.7. The highest BCUT2D eigenvalue weighted by Gasteiger charge is 2.71. The second kappa shape index (κ2) is 5.47. The largest absolute Gasteiger partial charge is 0.399 e. The number of hydrogen-bond acceptors (Lipinski definition) is 5. The molecule has 0 radical (unpaired) electrons. The molecule has 2 aliphatic carbocycles. The molecule has 132 valence electrons. The van der Waals surface area contributed by atoms with Gasteiger partial charge in [0.05, 0.1) is 23.4 Å². The number of amides is 1. The van der Waals surface area contributed by atoms with Crippen molar-refractivity contribution in [3.63, 3.8) is 0 Å². The van der Waals surface area contributed by atoms with Crippen molar-refractivity contribution in [3.05, 3.63) is 52.7 Å². The number of nitrogens with zero attached hydrogens (tertiary/aromatic N) is 4. The van der Waals surface area contributed by atoms with Crippen molar-refractivity contribution in [2.45, 2.75) is 24.7 Å². The van der Waals surface area contributed by atoms with Gasteiger partial charge in [-0.25, -0.2) is 0 Å². The Morgan fingerprint density at radius 1 is 1.22 bits per heavy atom. The van der Waals surface area contributed by atoms with E-state index < -0.39 is 16.7 Å². The molecule has 0 bridgehead atoms. The lowest BCUT2D eigenvalue weighted by Gasteiger charge is -2.49. The highest BCUT2D eigenvalue weighted by atomic mass is 16.2. The Morgan fingerprint density at radius 3 is 2.59 bits per heavy atom. The third-order valence-electron chi connectivity index (χ3n) is 6.29. The first kappa shape index (κ1) is 16.9. The van der Waals surface area contributed by atoms with Gasteiger partial charge in [-0.05, 0) is 36.5 Å². The molecule has 1 aromatic carbocycles. The summed E-state index contributed by atoms with van der Waals surface area (Å²) in [5.41, 5.74) is 5.01. The second-order valence-electron chi connectivity index (χ2n) is 7.21. The number of anilines is 1. The summed E-state index contributed by atoms with van der Waals surface area (Å²) in [6.07, 6.45) is 4.15. The van der Waals surface area contributed by atoms with Crippen LogP contribution in [0.5, 0.6) is 0 Å². The topological polar surface area (TPSA) is 118 Å². The summed E-state index contributed by atoms with van der Waals surface area (Å²) in [6.45, 7) is 0. The number of fused-ring (bicyclic) bond motifs is 4. The lowest BCUT2D eigenvalue weighted by atomic mass is 9.47. The average Bonchev–Trinajstić information content (AvgIpc) is 2.93. The molecule has 2 atom stereocenters. The summed E-state index contributed by atoms with van der Waals surface area (Å²) in [5.74, 6) is -0.754. The number of nitriles is 3. The highest BCUT2D eigenvalue weighted by molar-refractivity contribution is 6.10. The Labute approximate surface area is 157 Å². The van der Waals surface area contributed by atoms with Gasteiger partial charge in [-0.15, -0.1) is 0 Å². The van der Waals surface area contributed by atoms with E-state index in [9.17, 15) is 20.6 Å². The summed E-state index contributed by atoms with van der Waals surface area (Å²) in [6, 6.07) is 13.5. The summed E-state index contributed by atoms with van der Waals surface area (Å²) in [5, 5.41) is 30.1.